The van der Waals surface area contributed by atoms with E-state index in [2.05, 4.69) is 6.92 Å². The predicted octanol–water partition coefficient (Wildman–Crippen LogP) is 6.03. The molecule has 26 heavy (non-hydrogen) atoms. The van der Waals surface area contributed by atoms with Crippen molar-refractivity contribution < 1.29 is 19.8 Å². The number of aliphatic carboxylic acids is 2. The third-order valence-corrected chi connectivity index (χ3v) is 7.33. The molecule has 0 spiro atoms. The van der Waals surface area contributed by atoms with Gasteiger partial charge in [0.2, 0.25) is 0 Å². The van der Waals surface area contributed by atoms with Crippen molar-refractivity contribution in [3.05, 3.63) is 0 Å². The number of hydrogen-bond donors (Lipinski definition) is 2. The molecule has 0 aromatic carbocycles. The van der Waals surface area contributed by atoms with Gasteiger partial charge in [0, 0.05) is 0 Å². The lowest BCUT2D eigenvalue weighted by atomic mass is 9.47. The van der Waals surface area contributed by atoms with Gasteiger partial charge >= 0.3 is 11.9 Å². The summed E-state index contributed by atoms with van der Waals surface area (Å²) in [6, 6.07) is 0. The summed E-state index contributed by atoms with van der Waals surface area (Å²) in [5.74, 6) is -1.65. The highest BCUT2D eigenvalue weighted by Crippen LogP contribution is 2.60. The van der Waals surface area contributed by atoms with Crippen LogP contribution in [0.25, 0.3) is 0 Å². The van der Waals surface area contributed by atoms with Gasteiger partial charge in [-0.05, 0) is 38.0 Å². The maximum Gasteiger partial charge on any atom is 0.311 e. The number of carboxylic acids is 2. The molecule has 0 aliphatic heterocycles. The Labute approximate surface area is 158 Å². The van der Waals surface area contributed by atoms with Crippen LogP contribution >= 0.6 is 0 Å². The molecule has 2 rings (SSSR count). The Morgan fingerprint density at radius 2 is 1.42 bits per heavy atom. The number of carbonyl (C=O) groups is 2. The van der Waals surface area contributed by atoms with Crippen LogP contribution in [0.4, 0.5) is 0 Å². The Bertz CT molecular complexity index is 469. The van der Waals surface area contributed by atoms with Crippen LogP contribution in [0.2, 0.25) is 0 Å². The molecule has 4 nitrogen and oxygen atoms in total. The first kappa shape index (κ1) is 21.2. The van der Waals surface area contributed by atoms with Gasteiger partial charge in [0.15, 0.2) is 0 Å². The van der Waals surface area contributed by atoms with Crippen molar-refractivity contribution in [1.82, 2.24) is 0 Å². The van der Waals surface area contributed by atoms with Crippen LogP contribution < -0.4 is 0 Å². The van der Waals surface area contributed by atoms with Gasteiger partial charge in [-0.15, -0.1) is 0 Å². The number of hydrogen-bond acceptors (Lipinski definition) is 2. The highest BCUT2D eigenvalue weighted by molar-refractivity contribution is 5.87. The molecule has 4 heteroatoms. The van der Waals surface area contributed by atoms with Gasteiger partial charge in [-0.1, -0.05) is 77.6 Å². The number of rotatable bonds is 10. The van der Waals surface area contributed by atoms with Gasteiger partial charge in [-0.3, -0.25) is 9.59 Å². The standard InChI is InChI=1S/C22H38O4/c1-2-3-4-5-6-10-15-21(19(23)24)16-11-12-17-22(21,20(25)26)18-13-8-7-9-14-18/h18H,2-17H2,1H3,(H,23,24)(H,25,26). The maximum atomic E-state index is 12.6. The summed E-state index contributed by atoms with van der Waals surface area (Å²) in [6.07, 6.45) is 15.0. The molecular weight excluding hydrogens is 328 g/mol. The second-order valence-electron chi connectivity index (χ2n) is 8.72. The number of carboxylic acid groups (broad SMARTS) is 2. The van der Waals surface area contributed by atoms with Crippen LogP contribution in [0.1, 0.15) is 110 Å². The molecule has 0 aromatic rings. The predicted molar refractivity (Wildman–Crippen MR) is 103 cm³/mol. The third kappa shape index (κ3) is 4.09. The highest BCUT2D eigenvalue weighted by atomic mass is 16.4. The van der Waals surface area contributed by atoms with Crippen molar-refractivity contribution in [2.24, 2.45) is 16.7 Å². The molecular formula is C22H38O4. The second kappa shape index (κ2) is 9.75. The van der Waals surface area contributed by atoms with Gasteiger partial charge in [0.25, 0.3) is 0 Å². The Balaban J connectivity index is 2.23. The van der Waals surface area contributed by atoms with Gasteiger partial charge in [0.1, 0.15) is 0 Å². The van der Waals surface area contributed by atoms with Gasteiger partial charge < -0.3 is 10.2 Å². The van der Waals surface area contributed by atoms with E-state index >= 15 is 0 Å². The van der Waals surface area contributed by atoms with Gasteiger partial charge in [-0.25, -0.2) is 0 Å². The molecule has 0 bridgehead atoms. The Hall–Kier alpha value is -1.06. The molecule has 2 aliphatic carbocycles. The fraction of sp³-hybridized carbons (Fsp3) is 0.909. The van der Waals surface area contributed by atoms with E-state index in [1.807, 2.05) is 0 Å². The molecule has 2 unspecified atom stereocenters. The van der Waals surface area contributed by atoms with E-state index in [-0.39, 0.29) is 5.92 Å². The average molecular weight is 367 g/mol. The van der Waals surface area contributed by atoms with Crippen molar-refractivity contribution in [2.75, 3.05) is 0 Å². The topological polar surface area (TPSA) is 74.6 Å². The lowest BCUT2D eigenvalue weighted by molar-refractivity contribution is -0.190. The molecule has 2 N–H and O–H groups in total. The van der Waals surface area contributed by atoms with Crippen LogP contribution in [0.15, 0.2) is 0 Å². The molecule has 0 amide bonds. The zero-order chi connectivity index (χ0) is 19.0. The SMILES string of the molecule is CCCCCCCCC1(C(=O)O)CCCCC1(C(=O)O)C1CCCCC1. The van der Waals surface area contributed by atoms with E-state index in [9.17, 15) is 19.8 Å². The van der Waals surface area contributed by atoms with E-state index in [0.29, 0.717) is 19.3 Å². The summed E-state index contributed by atoms with van der Waals surface area (Å²) < 4.78 is 0. The Morgan fingerprint density at radius 3 is 2.04 bits per heavy atom. The van der Waals surface area contributed by atoms with E-state index < -0.39 is 22.8 Å². The van der Waals surface area contributed by atoms with E-state index in [0.717, 1.165) is 64.2 Å². The molecule has 2 fully saturated rings. The smallest absolute Gasteiger partial charge is 0.311 e. The van der Waals surface area contributed by atoms with Crippen molar-refractivity contribution in [3.63, 3.8) is 0 Å². The number of unbranched alkanes of at least 4 members (excludes halogenated alkanes) is 5. The van der Waals surface area contributed by atoms with Gasteiger partial charge in [-0.2, -0.15) is 0 Å². The first-order valence-electron chi connectivity index (χ1n) is 11.0. The van der Waals surface area contributed by atoms with E-state index in [1.54, 1.807) is 0 Å². The third-order valence-electron chi connectivity index (χ3n) is 7.33. The molecule has 0 radical (unpaired) electrons. The first-order valence-corrected chi connectivity index (χ1v) is 11.0. The fourth-order valence-electron chi connectivity index (χ4n) is 5.93. The van der Waals surface area contributed by atoms with Gasteiger partial charge in [0.05, 0.1) is 10.8 Å². The summed E-state index contributed by atoms with van der Waals surface area (Å²) in [6.45, 7) is 2.19. The molecule has 0 saturated heterocycles. The van der Waals surface area contributed by atoms with Crippen molar-refractivity contribution >= 4 is 11.9 Å². The summed E-state index contributed by atoms with van der Waals surface area (Å²) in [7, 11) is 0. The largest absolute Gasteiger partial charge is 0.481 e. The van der Waals surface area contributed by atoms with Crippen LogP contribution in [0, 0.1) is 16.7 Å². The average Bonchev–Trinajstić information content (AvgIpc) is 2.65. The normalized spacial score (nSPS) is 30.2. The van der Waals surface area contributed by atoms with E-state index in [4.69, 9.17) is 0 Å². The highest BCUT2D eigenvalue weighted by Gasteiger charge is 2.64. The Morgan fingerprint density at radius 1 is 0.808 bits per heavy atom. The zero-order valence-corrected chi connectivity index (χ0v) is 16.6. The van der Waals surface area contributed by atoms with Crippen molar-refractivity contribution in [1.29, 1.82) is 0 Å². The fourth-order valence-corrected chi connectivity index (χ4v) is 5.93. The molecule has 150 valence electrons. The molecule has 2 aliphatic rings. The molecule has 0 aromatic heterocycles. The van der Waals surface area contributed by atoms with Crippen LogP contribution in [0.5, 0.6) is 0 Å². The summed E-state index contributed by atoms with van der Waals surface area (Å²) in [4.78, 5) is 25.1. The zero-order valence-electron chi connectivity index (χ0n) is 16.6. The summed E-state index contributed by atoms with van der Waals surface area (Å²) >= 11 is 0. The molecule has 2 saturated carbocycles. The lowest BCUT2D eigenvalue weighted by Gasteiger charge is -2.53. The van der Waals surface area contributed by atoms with Crippen LogP contribution in [-0.2, 0) is 9.59 Å². The van der Waals surface area contributed by atoms with Crippen LogP contribution in [0.3, 0.4) is 0 Å². The minimum Gasteiger partial charge on any atom is -0.481 e. The molecule has 0 heterocycles. The molecule has 2 atom stereocenters. The van der Waals surface area contributed by atoms with Crippen molar-refractivity contribution in [2.45, 2.75) is 110 Å². The van der Waals surface area contributed by atoms with Crippen molar-refractivity contribution in [3.8, 4) is 0 Å². The summed E-state index contributed by atoms with van der Waals surface area (Å²) in [5.41, 5.74) is -2.12. The quantitative estimate of drug-likeness (QED) is 0.463. The minimum absolute atomic E-state index is 0.0326. The minimum atomic E-state index is -1.07. The van der Waals surface area contributed by atoms with E-state index in [1.165, 1.54) is 19.3 Å². The second-order valence-corrected chi connectivity index (χ2v) is 8.72. The monoisotopic (exact) mass is 366 g/mol. The summed E-state index contributed by atoms with van der Waals surface area (Å²) in [5, 5.41) is 20.6. The van der Waals surface area contributed by atoms with Crippen LogP contribution in [-0.4, -0.2) is 22.2 Å². The maximum absolute atomic E-state index is 12.6. The Kier molecular flexibility index (Phi) is 7.97. The lowest BCUT2D eigenvalue weighted by Crippen LogP contribution is -2.58. The first-order chi connectivity index (χ1) is 12.5.